The Labute approximate surface area is 315 Å². The minimum absolute atomic E-state index is 0.102. The maximum Gasteiger partial charge on any atom is 0.410 e. The second-order valence-corrected chi connectivity index (χ2v) is 16.2. The zero-order chi connectivity index (χ0) is 37.9. The molecule has 13 nitrogen and oxygen atoms in total. The number of hydrogen-bond donors (Lipinski definition) is 3. The molecule has 2 fully saturated rings. The number of alkyl carbamates (subject to hydrolysis) is 1. The van der Waals surface area contributed by atoms with Gasteiger partial charge in [0.15, 0.2) is 0 Å². The summed E-state index contributed by atoms with van der Waals surface area (Å²) in [6.07, 6.45) is 6.02. The summed E-state index contributed by atoms with van der Waals surface area (Å²) >= 11 is 0. The van der Waals surface area contributed by atoms with Gasteiger partial charge >= 0.3 is 12.2 Å². The van der Waals surface area contributed by atoms with Crippen molar-refractivity contribution in [2.24, 2.45) is 5.92 Å². The summed E-state index contributed by atoms with van der Waals surface area (Å²) in [5.74, 6) is 2.14. The summed E-state index contributed by atoms with van der Waals surface area (Å²) in [6, 6.07) is 9.76. The predicted octanol–water partition coefficient (Wildman–Crippen LogP) is 7.24. The molecule has 2 aromatic heterocycles. The SMILES string of the molecule is COC(=O)N[C@H](C(=O)N1CCCC1c1ncc(-c2ccc3c(c2)COc2cc4c(cc2-3)CCc2[nH]c([C@@H]3CCCN3C(=O)OC(C)(C)C)nc2-4)[nH]1)C(C)C. The van der Waals surface area contributed by atoms with Gasteiger partial charge in [-0.15, -0.1) is 0 Å². The number of H-pyrrole nitrogens is 2. The summed E-state index contributed by atoms with van der Waals surface area (Å²) in [5.41, 5.74) is 8.92. The molecule has 3 atom stereocenters. The number of likely N-dealkylation sites (tertiary alicyclic amines) is 2. The largest absolute Gasteiger partial charge is 0.488 e. The number of carbonyl (C=O) groups is 3. The monoisotopic (exact) mass is 735 g/mol. The fraction of sp³-hybridized carbons (Fsp3) is 0.488. The molecule has 3 aliphatic heterocycles. The van der Waals surface area contributed by atoms with Crippen LogP contribution in [-0.4, -0.2) is 79.7 Å². The van der Waals surface area contributed by atoms with Crippen molar-refractivity contribution >= 4 is 18.1 Å². The van der Waals surface area contributed by atoms with Gasteiger partial charge in [-0.05, 0) is 106 Å². The van der Waals surface area contributed by atoms with Gasteiger partial charge in [0.05, 0.1) is 36.8 Å². The number of aromatic amines is 2. The van der Waals surface area contributed by atoms with Crippen LogP contribution in [0.15, 0.2) is 36.5 Å². The number of methoxy groups -OCH3 is 1. The Morgan fingerprint density at radius 2 is 1.69 bits per heavy atom. The lowest BCUT2D eigenvalue weighted by molar-refractivity contribution is -0.135. The van der Waals surface area contributed by atoms with Crippen LogP contribution in [0.2, 0.25) is 0 Å². The molecule has 1 unspecified atom stereocenters. The number of ether oxygens (including phenoxy) is 3. The second kappa shape index (κ2) is 13.8. The third kappa shape index (κ3) is 6.58. The molecular weight excluding hydrogens is 686 g/mol. The van der Waals surface area contributed by atoms with E-state index in [4.69, 9.17) is 24.2 Å². The number of rotatable bonds is 6. The van der Waals surface area contributed by atoms with Gasteiger partial charge in [0.1, 0.15) is 35.6 Å². The van der Waals surface area contributed by atoms with E-state index in [-0.39, 0.29) is 30.0 Å². The molecule has 0 radical (unpaired) electrons. The van der Waals surface area contributed by atoms with Crippen molar-refractivity contribution < 1.29 is 28.6 Å². The molecule has 8 rings (SSSR count). The van der Waals surface area contributed by atoms with Crippen LogP contribution in [0.4, 0.5) is 9.59 Å². The quantitative estimate of drug-likeness (QED) is 0.187. The van der Waals surface area contributed by atoms with Gasteiger partial charge in [-0.2, -0.15) is 0 Å². The molecule has 4 aliphatic rings. The van der Waals surface area contributed by atoms with Crippen LogP contribution in [0.1, 0.15) is 101 Å². The van der Waals surface area contributed by atoms with Gasteiger partial charge in [0.25, 0.3) is 0 Å². The molecule has 3 N–H and O–H groups in total. The Balaban J connectivity index is 1.01. The van der Waals surface area contributed by atoms with Crippen LogP contribution < -0.4 is 10.1 Å². The first kappa shape index (κ1) is 35.7. The number of aromatic nitrogens is 4. The fourth-order valence-electron chi connectivity index (χ4n) is 8.37. The minimum atomic E-state index is -0.686. The summed E-state index contributed by atoms with van der Waals surface area (Å²) in [6.45, 7) is 11.2. The number of benzene rings is 2. The molecule has 2 aromatic carbocycles. The van der Waals surface area contributed by atoms with E-state index in [2.05, 4.69) is 45.6 Å². The van der Waals surface area contributed by atoms with Gasteiger partial charge in [-0.25, -0.2) is 19.6 Å². The standard InChI is InChI=1S/C41H49N7O6/c1-22(2)34(46-39(50)52-6)38(49)47-15-7-9-31(47)36-42-20-30(44-36)24-11-13-26-25(17-24)21-53-33-19-27-23(18-28(26)33)12-14-29-35(27)45-37(43-29)32-10-8-16-48(32)40(51)54-41(3,4)5/h11,13,17-20,22,31-32,34H,7-10,12,14-16,21H2,1-6H3,(H,42,44)(H,43,45)(H,46,50)/t31?,32-,34-/m0/s1. The van der Waals surface area contributed by atoms with Gasteiger partial charge in [-0.3, -0.25) is 9.69 Å². The van der Waals surface area contributed by atoms with E-state index in [1.807, 2.05) is 50.6 Å². The van der Waals surface area contributed by atoms with E-state index in [0.29, 0.717) is 19.7 Å². The molecule has 1 aliphatic carbocycles. The number of nitrogens with one attached hydrogen (secondary N) is 3. The number of carbonyl (C=O) groups excluding carboxylic acids is 3. The third-order valence-electron chi connectivity index (χ3n) is 11.0. The number of aryl methyl sites for hydroxylation is 2. The molecular formula is C41H49N7O6. The number of imidazole rings is 2. The van der Waals surface area contributed by atoms with Crippen molar-refractivity contribution in [1.82, 2.24) is 35.1 Å². The second-order valence-electron chi connectivity index (χ2n) is 16.2. The topological polar surface area (TPSA) is 155 Å². The van der Waals surface area contributed by atoms with Crippen molar-refractivity contribution in [3.63, 3.8) is 0 Å². The van der Waals surface area contributed by atoms with Gasteiger partial charge in [0, 0.05) is 29.9 Å². The van der Waals surface area contributed by atoms with Crippen molar-refractivity contribution in [1.29, 1.82) is 0 Å². The van der Waals surface area contributed by atoms with Gasteiger partial charge in [0.2, 0.25) is 5.91 Å². The lowest BCUT2D eigenvalue weighted by atomic mass is 9.86. The molecule has 0 spiro atoms. The van der Waals surface area contributed by atoms with Crippen LogP contribution in [-0.2, 0) is 33.7 Å². The molecule has 3 amide bonds. The third-order valence-corrected chi connectivity index (χ3v) is 11.0. The first-order chi connectivity index (χ1) is 25.9. The van der Waals surface area contributed by atoms with Gasteiger partial charge < -0.3 is 34.4 Å². The summed E-state index contributed by atoms with van der Waals surface area (Å²) in [4.78, 5) is 59.2. The Hall–Kier alpha value is -5.33. The molecule has 54 heavy (non-hydrogen) atoms. The highest BCUT2D eigenvalue weighted by atomic mass is 16.6. The zero-order valence-corrected chi connectivity index (χ0v) is 31.9. The normalized spacial score (nSPS) is 19.4. The zero-order valence-electron chi connectivity index (χ0n) is 31.9. The Morgan fingerprint density at radius 1 is 0.926 bits per heavy atom. The minimum Gasteiger partial charge on any atom is -0.488 e. The van der Waals surface area contributed by atoms with Crippen LogP contribution in [0, 0.1) is 5.92 Å². The molecule has 0 saturated carbocycles. The predicted molar refractivity (Wildman–Crippen MR) is 202 cm³/mol. The lowest BCUT2D eigenvalue weighted by Crippen LogP contribution is -2.51. The molecule has 4 aromatic rings. The summed E-state index contributed by atoms with van der Waals surface area (Å²) in [5, 5.41) is 2.71. The number of nitrogens with zero attached hydrogens (tertiary/aromatic N) is 4. The van der Waals surface area contributed by atoms with E-state index < -0.39 is 17.7 Å². The van der Waals surface area contributed by atoms with E-state index in [1.165, 1.54) is 12.7 Å². The highest BCUT2D eigenvalue weighted by molar-refractivity contribution is 5.87. The molecule has 5 heterocycles. The van der Waals surface area contributed by atoms with Crippen molar-refractivity contribution in [3.8, 4) is 39.4 Å². The highest BCUT2D eigenvalue weighted by Crippen LogP contribution is 2.45. The van der Waals surface area contributed by atoms with Crippen molar-refractivity contribution in [3.05, 3.63) is 65.0 Å². The van der Waals surface area contributed by atoms with Crippen LogP contribution >= 0.6 is 0 Å². The average molecular weight is 736 g/mol. The first-order valence-electron chi connectivity index (χ1n) is 19.1. The summed E-state index contributed by atoms with van der Waals surface area (Å²) in [7, 11) is 1.30. The Bertz CT molecular complexity index is 2110. The number of hydrogen-bond acceptors (Lipinski definition) is 8. The Morgan fingerprint density at radius 3 is 2.43 bits per heavy atom. The molecule has 13 heteroatoms. The molecule has 2 saturated heterocycles. The van der Waals surface area contributed by atoms with E-state index in [1.54, 1.807) is 0 Å². The van der Waals surface area contributed by atoms with E-state index >= 15 is 0 Å². The smallest absolute Gasteiger partial charge is 0.410 e. The fourth-order valence-corrected chi connectivity index (χ4v) is 8.37. The number of amides is 3. The van der Waals surface area contributed by atoms with Crippen LogP contribution in [0.3, 0.4) is 0 Å². The van der Waals surface area contributed by atoms with Gasteiger partial charge in [-0.1, -0.05) is 26.0 Å². The highest BCUT2D eigenvalue weighted by Gasteiger charge is 2.39. The maximum absolute atomic E-state index is 13.6. The molecule has 284 valence electrons. The van der Waals surface area contributed by atoms with Crippen LogP contribution in [0.5, 0.6) is 5.75 Å². The first-order valence-corrected chi connectivity index (χ1v) is 19.1. The molecule has 0 bridgehead atoms. The van der Waals surface area contributed by atoms with Crippen molar-refractivity contribution in [2.45, 2.75) is 103 Å². The maximum atomic E-state index is 13.6. The van der Waals surface area contributed by atoms with Crippen molar-refractivity contribution in [2.75, 3.05) is 20.2 Å². The lowest BCUT2D eigenvalue weighted by Gasteiger charge is -2.30. The Kier molecular flexibility index (Phi) is 9.13. The summed E-state index contributed by atoms with van der Waals surface area (Å²) < 4.78 is 16.9. The van der Waals surface area contributed by atoms with E-state index in [9.17, 15) is 14.4 Å². The number of fused-ring (bicyclic) bond motifs is 6. The van der Waals surface area contributed by atoms with E-state index in [0.717, 1.165) is 101 Å². The van der Waals surface area contributed by atoms with Crippen LogP contribution in [0.25, 0.3) is 33.6 Å². The average Bonchev–Trinajstić information content (AvgIpc) is 3.97.